The lowest BCUT2D eigenvalue weighted by atomic mass is 9.95. The molecule has 0 saturated carbocycles. The van der Waals surface area contributed by atoms with Crippen molar-refractivity contribution in [3.8, 4) is 11.8 Å². The fourth-order valence-corrected chi connectivity index (χ4v) is 5.80. The quantitative estimate of drug-likeness (QED) is 0.390. The van der Waals surface area contributed by atoms with Crippen LogP contribution in [0.1, 0.15) is 43.0 Å². The number of hydrogen-bond donors (Lipinski definition) is 2. The van der Waals surface area contributed by atoms with Gasteiger partial charge in [-0.05, 0) is 62.3 Å². The number of pyridine rings is 1. The fraction of sp³-hybridized carbons (Fsp3) is 0.556. The molecule has 5 atom stereocenters. The van der Waals surface area contributed by atoms with Crippen LogP contribution in [0.25, 0.3) is 11.2 Å². The van der Waals surface area contributed by atoms with Crippen LogP contribution >= 0.6 is 11.6 Å². The van der Waals surface area contributed by atoms with Crippen LogP contribution in [0.3, 0.4) is 0 Å². The predicted octanol–water partition coefficient (Wildman–Crippen LogP) is 3.73. The van der Waals surface area contributed by atoms with Crippen LogP contribution in [-0.2, 0) is 27.1 Å². The largest absolute Gasteiger partial charge is 0.491 e. The minimum absolute atomic E-state index is 0.0426. The highest BCUT2D eigenvalue weighted by Gasteiger charge is 2.48. The van der Waals surface area contributed by atoms with Crippen LogP contribution in [0, 0.1) is 5.82 Å². The van der Waals surface area contributed by atoms with Gasteiger partial charge in [0, 0.05) is 6.07 Å². The van der Waals surface area contributed by atoms with E-state index in [2.05, 4.69) is 15.0 Å². The zero-order valence-electron chi connectivity index (χ0n) is 21.3. The van der Waals surface area contributed by atoms with Gasteiger partial charge in [0.15, 0.2) is 11.8 Å². The Kier molecular flexibility index (Phi) is 7.17. The number of fused-ring (bicyclic) bond motifs is 3. The van der Waals surface area contributed by atoms with Gasteiger partial charge >= 0.3 is 0 Å². The number of hydrogen-bond acceptors (Lipinski definition) is 8. The summed E-state index contributed by atoms with van der Waals surface area (Å²) in [5, 5.41) is 10.4. The van der Waals surface area contributed by atoms with Gasteiger partial charge in [0.2, 0.25) is 0 Å². The van der Waals surface area contributed by atoms with Crippen molar-refractivity contribution in [1.29, 1.82) is 0 Å². The first-order chi connectivity index (χ1) is 18.4. The fourth-order valence-electron chi connectivity index (χ4n) is 5.57. The minimum Gasteiger partial charge on any atom is -0.491 e. The Hall–Kier alpha value is -2.50. The average Bonchev–Trinajstić information content (AvgIpc) is 3.64. The van der Waals surface area contributed by atoms with Crippen LogP contribution in [0.15, 0.2) is 18.2 Å². The summed E-state index contributed by atoms with van der Waals surface area (Å²) in [5.41, 5.74) is 3.42. The van der Waals surface area contributed by atoms with E-state index in [-0.39, 0.29) is 48.8 Å². The number of H-pyrrole nitrogens is 1. The molecule has 0 amide bonds. The molecule has 3 aromatic rings. The van der Waals surface area contributed by atoms with Crippen LogP contribution in [0.5, 0.6) is 11.8 Å². The standard InChI is InChI=1S/C27H31ClFN3O6/c1-13(2)34-5-6-35-16-7-14-3-4-15(23(14)18(29)9-16)8-19-17(28)10-20-26(30-19)32-27(31-20)38-22-12-37-24-21(33)11-36-25(22)24/h7,9-10,13,15,21-22,24-25,33H,3-6,8,11-12H2,1-2H3,(H,30,31,32)/t15?,21-,22-,24-,25-/m1/s1. The van der Waals surface area contributed by atoms with Crippen molar-refractivity contribution in [3.63, 3.8) is 0 Å². The smallest absolute Gasteiger partial charge is 0.296 e. The molecule has 204 valence electrons. The molecule has 9 nitrogen and oxygen atoms in total. The molecule has 1 aromatic carbocycles. The Morgan fingerprint density at radius 1 is 1.16 bits per heavy atom. The summed E-state index contributed by atoms with van der Waals surface area (Å²) < 4.78 is 43.6. The Labute approximate surface area is 224 Å². The Balaban J connectivity index is 1.14. The van der Waals surface area contributed by atoms with E-state index in [9.17, 15) is 5.11 Å². The van der Waals surface area contributed by atoms with E-state index < -0.39 is 6.10 Å². The zero-order valence-corrected chi connectivity index (χ0v) is 22.0. The second-order valence-corrected chi connectivity index (χ2v) is 10.7. The summed E-state index contributed by atoms with van der Waals surface area (Å²) in [5.74, 6) is 0.208. The van der Waals surface area contributed by atoms with Crippen molar-refractivity contribution in [2.24, 2.45) is 0 Å². The average molecular weight is 548 g/mol. The van der Waals surface area contributed by atoms with Crippen molar-refractivity contribution >= 4 is 22.8 Å². The SMILES string of the molecule is CC(C)OCCOc1cc(F)c2c(c1)CCC2Cc1nc2nc(O[C@@H]3CO[C@H]4[C@@H]3OC[C@H]4O)[nH]c2cc1Cl. The Morgan fingerprint density at radius 3 is 2.84 bits per heavy atom. The number of aromatic amines is 1. The van der Waals surface area contributed by atoms with Gasteiger partial charge in [-0.2, -0.15) is 4.98 Å². The number of aliphatic hydroxyl groups excluding tert-OH is 1. The van der Waals surface area contributed by atoms with Crippen LogP contribution in [0.2, 0.25) is 5.02 Å². The Morgan fingerprint density at radius 2 is 2.00 bits per heavy atom. The lowest BCUT2D eigenvalue weighted by molar-refractivity contribution is 0.00706. The molecule has 0 bridgehead atoms. The number of nitrogens with zero attached hydrogens (tertiary/aromatic N) is 2. The summed E-state index contributed by atoms with van der Waals surface area (Å²) >= 11 is 6.59. The van der Waals surface area contributed by atoms with Crippen LogP contribution in [0.4, 0.5) is 4.39 Å². The van der Waals surface area contributed by atoms with Crippen LogP contribution in [-0.4, -0.2) is 77.0 Å². The monoisotopic (exact) mass is 547 g/mol. The number of aliphatic hydroxyl groups is 1. The number of ether oxygens (including phenoxy) is 5. The third-order valence-corrected chi connectivity index (χ3v) is 7.65. The zero-order chi connectivity index (χ0) is 26.4. The van der Waals surface area contributed by atoms with E-state index >= 15 is 4.39 Å². The van der Waals surface area contributed by atoms with E-state index in [0.717, 1.165) is 18.4 Å². The van der Waals surface area contributed by atoms with E-state index in [1.807, 2.05) is 19.9 Å². The topological polar surface area (TPSA) is 108 Å². The second kappa shape index (κ2) is 10.6. The summed E-state index contributed by atoms with van der Waals surface area (Å²) in [6.45, 7) is 5.28. The maximum absolute atomic E-state index is 15.2. The first kappa shape index (κ1) is 25.8. The van der Waals surface area contributed by atoms with Gasteiger partial charge in [0.1, 0.15) is 36.5 Å². The number of benzene rings is 1. The van der Waals surface area contributed by atoms with Crippen molar-refractivity contribution in [2.45, 2.75) is 69.5 Å². The summed E-state index contributed by atoms with van der Waals surface area (Å²) in [6, 6.07) is 5.43. The van der Waals surface area contributed by atoms with Crippen molar-refractivity contribution in [3.05, 3.63) is 45.9 Å². The number of aromatic nitrogens is 3. The molecular formula is C27H31ClFN3O6. The van der Waals surface area contributed by atoms with Gasteiger partial charge in [-0.3, -0.25) is 0 Å². The van der Waals surface area contributed by atoms with E-state index in [0.29, 0.717) is 59.4 Å². The van der Waals surface area contributed by atoms with Crippen molar-refractivity contribution in [2.75, 3.05) is 26.4 Å². The molecule has 3 aliphatic rings. The number of aryl methyl sites for hydroxylation is 1. The molecule has 38 heavy (non-hydrogen) atoms. The van der Waals surface area contributed by atoms with Gasteiger partial charge in [-0.15, -0.1) is 0 Å². The molecule has 2 fully saturated rings. The molecule has 1 aliphatic carbocycles. The maximum Gasteiger partial charge on any atom is 0.296 e. The van der Waals surface area contributed by atoms with E-state index in [1.165, 1.54) is 6.07 Å². The molecule has 0 radical (unpaired) electrons. The van der Waals surface area contributed by atoms with Gasteiger partial charge in [0.25, 0.3) is 6.01 Å². The van der Waals surface area contributed by atoms with Crippen molar-refractivity contribution < 1.29 is 33.2 Å². The normalized spacial score (nSPS) is 26.3. The maximum atomic E-state index is 15.2. The molecule has 2 aromatic heterocycles. The lowest BCUT2D eigenvalue weighted by Gasteiger charge is -2.15. The van der Waals surface area contributed by atoms with Gasteiger partial charge in [-0.1, -0.05) is 11.6 Å². The van der Waals surface area contributed by atoms with Gasteiger partial charge in [0.05, 0.1) is 42.2 Å². The Bertz CT molecular complexity index is 1320. The molecule has 2 N–H and O–H groups in total. The molecule has 2 saturated heterocycles. The first-order valence-electron chi connectivity index (χ1n) is 13.1. The third kappa shape index (κ3) is 5.08. The highest BCUT2D eigenvalue weighted by molar-refractivity contribution is 6.31. The number of halogens is 2. The molecule has 11 heteroatoms. The highest BCUT2D eigenvalue weighted by Crippen LogP contribution is 2.40. The van der Waals surface area contributed by atoms with E-state index in [1.54, 1.807) is 6.07 Å². The number of nitrogens with one attached hydrogen (secondary N) is 1. The first-order valence-corrected chi connectivity index (χ1v) is 13.4. The molecule has 6 rings (SSSR count). The minimum atomic E-state index is -0.652. The molecule has 0 spiro atoms. The van der Waals surface area contributed by atoms with Crippen molar-refractivity contribution in [1.82, 2.24) is 15.0 Å². The molecule has 1 unspecified atom stereocenters. The highest BCUT2D eigenvalue weighted by atomic mass is 35.5. The van der Waals surface area contributed by atoms with Crippen LogP contribution < -0.4 is 9.47 Å². The molecular weight excluding hydrogens is 517 g/mol. The number of imidazole rings is 1. The molecule has 2 aliphatic heterocycles. The summed E-state index contributed by atoms with van der Waals surface area (Å²) in [7, 11) is 0. The predicted molar refractivity (Wildman–Crippen MR) is 137 cm³/mol. The second-order valence-electron chi connectivity index (χ2n) is 10.3. The summed E-state index contributed by atoms with van der Waals surface area (Å²) in [6.07, 6.45) is 0.413. The van der Waals surface area contributed by atoms with Gasteiger partial charge in [-0.25, -0.2) is 9.37 Å². The molecule has 4 heterocycles. The lowest BCUT2D eigenvalue weighted by Crippen LogP contribution is -2.34. The van der Waals surface area contributed by atoms with E-state index in [4.69, 9.17) is 35.3 Å². The summed E-state index contributed by atoms with van der Waals surface area (Å²) in [4.78, 5) is 12.3. The number of rotatable bonds is 9. The third-order valence-electron chi connectivity index (χ3n) is 7.32. The van der Waals surface area contributed by atoms with Gasteiger partial charge < -0.3 is 33.8 Å².